The maximum atomic E-state index is 12.5. The zero-order valence-electron chi connectivity index (χ0n) is 14.2. The van der Waals surface area contributed by atoms with Crippen molar-refractivity contribution in [1.82, 2.24) is 20.3 Å². The summed E-state index contributed by atoms with van der Waals surface area (Å²) < 4.78 is 1.66. The van der Waals surface area contributed by atoms with Gasteiger partial charge in [0.05, 0.1) is 23.5 Å². The van der Waals surface area contributed by atoms with Gasteiger partial charge in [-0.25, -0.2) is 4.68 Å². The van der Waals surface area contributed by atoms with E-state index in [0.29, 0.717) is 5.69 Å². The molecule has 128 valence electrons. The molecule has 0 aliphatic carbocycles. The van der Waals surface area contributed by atoms with Gasteiger partial charge in [0.15, 0.2) is 0 Å². The van der Waals surface area contributed by atoms with Crippen molar-refractivity contribution >= 4 is 5.91 Å². The maximum Gasteiger partial charge on any atom is 0.255 e. The molecule has 3 aromatic rings. The smallest absolute Gasteiger partial charge is 0.255 e. The van der Waals surface area contributed by atoms with Crippen LogP contribution in [0.3, 0.4) is 0 Å². The molecule has 0 aliphatic heterocycles. The van der Waals surface area contributed by atoms with Crippen molar-refractivity contribution in [3.05, 3.63) is 71.5 Å². The van der Waals surface area contributed by atoms with Gasteiger partial charge in [0.2, 0.25) is 0 Å². The first kappa shape index (κ1) is 16.7. The number of phenols is 1. The van der Waals surface area contributed by atoms with Gasteiger partial charge in [0.25, 0.3) is 5.91 Å². The highest BCUT2D eigenvalue weighted by atomic mass is 16.3. The van der Waals surface area contributed by atoms with Crippen molar-refractivity contribution < 1.29 is 9.90 Å². The predicted molar refractivity (Wildman–Crippen MR) is 94.7 cm³/mol. The van der Waals surface area contributed by atoms with E-state index in [1.54, 1.807) is 29.1 Å². The zero-order chi connectivity index (χ0) is 17.8. The second-order valence-electron chi connectivity index (χ2n) is 5.82. The Balaban J connectivity index is 1.75. The highest BCUT2D eigenvalue weighted by molar-refractivity contribution is 5.97. The molecule has 0 saturated heterocycles. The highest BCUT2D eigenvalue weighted by Gasteiger charge is 2.17. The molecular weight excluding hydrogens is 316 g/mol. The van der Waals surface area contributed by atoms with Crippen molar-refractivity contribution in [2.24, 2.45) is 0 Å². The Labute approximate surface area is 146 Å². The van der Waals surface area contributed by atoms with Gasteiger partial charge in [-0.2, -0.15) is 0 Å². The van der Waals surface area contributed by atoms with Crippen LogP contribution in [0.2, 0.25) is 0 Å². The number of nitrogens with zero attached hydrogens (tertiary/aromatic N) is 3. The van der Waals surface area contributed by atoms with E-state index in [9.17, 15) is 9.90 Å². The first-order valence-electron chi connectivity index (χ1n) is 8.19. The monoisotopic (exact) mass is 336 g/mol. The van der Waals surface area contributed by atoms with Crippen molar-refractivity contribution in [3.63, 3.8) is 0 Å². The first-order valence-corrected chi connectivity index (χ1v) is 8.19. The molecule has 2 N–H and O–H groups in total. The minimum atomic E-state index is -0.338. The molecule has 1 atom stereocenters. The zero-order valence-corrected chi connectivity index (χ0v) is 14.2. The van der Waals surface area contributed by atoms with Crippen LogP contribution in [-0.4, -0.2) is 26.0 Å². The summed E-state index contributed by atoms with van der Waals surface area (Å²) in [6.45, 7) is 3.83. The molecule has 0 bridgehead atoms. The van der Waals surface area contributed by atoms with E-state index in [0.717, 1.165) is 17.7 Å². The first-order chi connectivity index (χ1) is 12.1. The number of hydrogen-bond acceptors (Lipinski definition) is 4. The Bertz CT molecular complexity index is 874. The average molecular weight is 336 g/mol. The molecule has 1 amide bonds. The van der Waals surface area contributed by atoms with Crippen LogP contribution in [-0.2, 0) is 6.42 Å². The number of aromatic nitrogens is 3. The number of para-hydroxylation sites is 1. The van der Waals surface area contributed by atoms with Crippen molar-refractivity contribution in [1.29, 1.82) is 0 Å². The number of hydrogen-bond donors (Lipinski definition) is 2. The SMILES string of the molecule is CCc1ccc(O)c(C(=O)NC(C)c2cn(-c3ccccc3)nn2)c1. The van der Waals surface area contributed by atoms with Crippen LogP contribution in [0.4, 0.5) is 0 Å². The van der Waals surface area contributed by atoms with Crippen LogP contribution in [0, 0.1) is 0 Å². The summed E-state index contributed by atoms with van der Waals surface area (Å²) in [5.74, 6) is -0.371. The molecule has 6 heteroatoms. The molecule has 0 aliphatic rings. The number of aromatic hydroxyl groups is 1. The third-order valence-corrected chi connectivity index (χ3v) is 4.04. The van der Waals surface area contributed by atoms with E-state index >= 15 is 0 Å². The number of carbonyl (C=O) groups excluding carboxylic acids is 1. The summed E-state index contributed by atoms with van der Waals surface area (Å²) >= 11 is 0. The summed E-state index contributed by atoms with van der Waals surface area (Å²) in [5.41, 5.74) is 2.80. The van der Waals surface area contributed by atoms with Crippen LogP contribution in [0.15, 0.2) is 54.7 Å². The summed E-state index contributed by atoms with van der Waals surface area (Å²) in [6, 6.07) is 14.3. The van der Waals surface area contributed by atoms with Crippen LogP contribution < -0.4 is 5.32 Å². The van der Waals surface area contributed by atoms with E-state index in [2.05, 4.69) is 15.6 Å². The van der Waals surface area contributed by atoms with Crippen molar-refractivity contribution in [3.8, 4) is 11.4 Å². The van der Waals surface area contributed by atoms with E-state index < -0.39 is 0 Å². The molecule has 25 heavy (non-hydrogen) atoms. The molecule has 6 nitrogen and oxygen atoms in total. The lowest BCUT2D eigenvalue weighted by molar-refractivity contribution is 0.0936. The average Bonchev–Trinajstić information content (AvgIpc) is 3.13. The molecule has 0 saturated carbocycles. The van der Waals surface area contributed by atoms with Gasteiger partial charge in [-0.3, -0.25) is 4.79 Å². The normalized spacial score (nSPS) is 11.9. The third kappa shape index (κ3) is 3.68. The lowest BCUT2D eigenvalue weighted by Gasteiger charge is -2.12. The van der Waals surface area contributed by atoms with Gasteiger partial charge in [-0.1, -0.05) is 36.4 Å². The van der Waals surface area contributed by atoms with Crippen molar-refractivity contribution in [2.75, 3.05) is 0 Å². The minimum absolute atomic E-state index is 0.0326. The Hall–Kier alpha value is -3.15. The fourth-order valence-electron chi connectivity index (χ4n) is 2.52. The van der Waals surface area contributed by atoms with Gasteiger partial charge in [0, 0.05) is 0 Å². The standard InChI is InChI=1S/C19H20N4O2/c1-3-14-9-10-18(24)16(11-14)19(25)20-13(2)17-12-23(22-21-17)15-7-5-4-6-8-15/h4-13,24H,3H2,1-2H3,(H,20,25). The van der Waals surface area contributed by atoms with Crippen molar-refractivity contribution in [2.45, 2.75) is 26.3 Å². The highest BCUT2D eigenvalue weighted by Crippen LogP contribution is 2.20. The number of benzene rings is 2. The lowest BCUT2D eigenvalue weighted by Crippen LogP contribution is -2.27. The van der Waals surface area contributed by atoms with Gasteiger partial charge < -0.3 is 10.4 Å². The second kappa shape index (κ2) is 7.17. The van der Waals surface area contributed by atoms with Crippen LogP contribution >= 0.6 is 0 Å². The Morgan fingerprint density at radius 3 is 2.72 bits per heavy atom. The largest absolute Gasteiger partial charge is 0.507 e. The Morgan fingerprint density at radius 2 is 2.00 bits per heavy atom. The summed E-state index contributed by atoms with van der Waals surface area (Å²) in [6.07, 6.45) is 2.57. The second-order valence-corrected chi connectivity index (χ2v) is 5.82. The minimum Gasteiger partial charge on any atom is -0.507 e. The molecule has 0 spiro atoms. The fraction of sp³-hybridized carbons (Fsp3) is 0.211. The molecule has 0 radical (unpaired) electrons. The Kier molecular flexibility index (Phi) is 4.79. The van der Waals surface area contributed by atoms with Gasteiger partial charge in [-0.15, -0.1) is 5.10 Å². The third-order valence-electron chi connectivity index (χ3n) is 4.04. The van der Waals surface area contributed by atoms with Gasteiger partial charge >= 0.3 is 0 Å². The van der Waals surface area contributed by atoms with Crippen LogP contribution in [0.1, 0.15) is 41.5 Å². The summed E-state index contributed by atoms with van der Waals surface area (Å²) in [4.78, 5) is 12.5. The molecular formula is C19H20N4O2. The number of phenolic OH excluding ortho intramolecular Hbond substituents is 1. The quantitative estimate of drug-likeness (QED) is 0.750. The number of rotatable bonds is 5. The van der Waals surface area contributed by atoms with Crippen LogP contribution in [0.25, 0.3) is 5.69 Å². The summed E-state index contributed by atoms with van der Waals surface area (Å²) in [5, 5.41) is 21.0. The molecule has 0 fully saturated rings. The topological polar surface area (TPSA) is 80.0 Å². The molecule has 1 heterocycles. The number of aryl methyl sites for hydroxylation is 1. The maximum absolute atomic E-state index is 12.5. The van der Waals surface area contributed by atoms with Gasteiger partial charge in [-0.05, 0) is 43.2 Å². The number of nitrogens with one attached hydrogen (secondary N) is 1. The van der Waals surface area contributed by atoms with E-state index in [1.165, 1.54) is 0 Å². The van der Waals surface area contributed by atoms with E-state index in [4.69, 9.17) is 0 Å². The number of amides is 1. The molecule has 3 rings (SSSR count). The summed E-state index contributed by atoms with van der Waals surface area (Å²) in [7, 11) is 0. The molecule has 1 aromatic heterocycles. The lowest BCUT2D eigenvalue weighted by atomic mass is 10.1. The number of carbonyl (C=O) groups is 1. The fourth-order valence-corrected chi connectivity index (χ4v) is 2.52. The predicted octanol–water partition coefficient (Wildman–Crippen LogP) is 3.03. The van der Waals surface area contributed by atoms with E-state index in [1.807, 2.05) is 44.2 Å². The van der Waals surface area contributed by atoms with E-state index in [-0.39, 0.29) is 23.3 Å². The van der Waals surface area contributed by atoms with Gasteiger partial charge in [0.1, 0.15) is 11.4 Å². The Morgan fingerprint density at radius 1 is 1.24 bits per heavy atom. The molecule has 2 aromatic carbocycles. The van der Waals surface area contributed by atoms with Crippen LogP contribution in [0.5, 0.6) is 5.75 Å². The molecule has 1 unspecified atom stereocenters.